The van der Waals surface area contributed by atoms with Gasteiger partial charge in [-0.3, -0.25) is 0 Å². The Morgan fingerprint density at radius 3 is 2.75 bits per heavy atom. The maximum Gasteiger partial charge on any atom is 0.317 e. The van der Waals surface area contributed by atoms with E-state index in [1.807, 2.05) is 6.92 Å². The summed E-state index contributed by atoms with van der Waals surface area (Å²) in [5, 5.41) is 13.0. The number of ether oxygens (including phenoxy) is 1. The summed E-state index contributed by atoms with van der Waals surface area (Å²) in [5.74, 6) is 0.220. The van der Waals surface area contributed by atoms with Gasteiger partial charge in [-0.1, -0.05) is 12.8 Å². The van der Waals surface area contributed by atoms with E-state index in [4.69, 9.17) is 4.74 Å². The van der Waals surface area contributed by atoms with Crippen LogP contribution >= 0.6 is 0 Å². The van der Waals surface area contributed by atoms with Crippen molar-refractivity contribution < 1.29 is 14.6 Å². The van der Waals surface area contributed by atoms with Crippen LogP contribution in [0.4, 0.5) is 4.79 Å². The second-order valence-corrected chi connectivity index (χ2v) is 6.28. The molecule has 0 bridgehead atoms. The molecule has 0 aromatic heterocycles. The van der Waals surface area contributed by atoms with Crippen molar-refractivity contribution in [1.82, 2.24) is 10.2 Å². The number of amides is 2. The molecule has 5 nitrogen and oxygen atoms in total. The molecule has 0 aromatic carbocycles. The minimum absolute atomic E-state index is 0.0451. The highest BCUT2D eigenvalue weighted by atomic mass is 16.5. The van der Waals surface area contributed by atoms with Gasteiger partial charge in [-0.25, -0.2) is 4.79 Å². The molecule has 1 saturated carbocycles. The van der Waals surface area contributed by atoms with E-state index in [-0.39, 0.29) is 30.2 Å². The van der Waals surface area contributed by atoms with Crippen LogP contribution in [-0.2, 0) is 4.74 Å². The average molecular weight is 284 g/mol. The van der Waals surface area contributed by atoms with E-state index in [0.717, 1.165) is 45.1 Å². The van der Waals surface area contributed by atoms with Crippen molar-refractivity contribution >= 4 is 6.03 Å². The van der Waals surface area contributed by atoms with Gasteiger partial charge in [0.2, 0.25) is 0 Å². The first kappa shape index (κ1) is 15.6. The molecule has 1 heterocycles. The van der Waals surface area contributed by atoms with Crippen LogP contribution in [0.2, 0.25) is 0 Å². The number of urea groups is 1. The minimum atomic E-state index is -0.255. The molecule has 2 fully saturated rings. The molecule has 5 heteroatoms. The van der Waals surface area contributed by atoms with Gasteiger partial charge in [0.15, 0.2) is 0 Å². The average Bonchev–Trinajstić information content (AvgIpc) is 2.95. The maximum absolute atomic E-state index is 12.2. The molecule has 4 unspecified atom stereocenters. The first-order valence-electron chi connectivity index (χ1n) is 7.89. The molecule has 2 N–H and O–H groups in total. The van der Waals surface area contributed by atoms with Crippen molar-refractivity contribution in [3.63, 3.8) is 0 Å². The fraction of sp³-hybridized carbons (Fsp3) is 0.933. The summed E-state index contributed by atoms with van der Waals surface area (Å²) < 4.78 is 5.59. The number of carbonyl (C=O) groups is 1. The molecule has 2 amide bonds. The molecular formula is C15H28N2O3. The van der Waals surface area contributed by atoms with E-state index >= 15 is 0 Å². The largest absolute Gasteiger partial charge is 0.393 e. The van der Waals surface area contributed by atoms with E-state index in [1.165, 1.54) is 0 Å². The number of nitrogens with one attached hydrogen (secondary N) is 1. The Bertz CT molecular complexity index is 318. The fourth-order valence-corrected chi connectivity index (χ4v) is 3.23. The van der Waals surface area contributed by atoms with Crippen molar-refractivity contribution in [1.29, 1.82) is 0 Å². The highest BCUT2D eigenvalue weighted by Crippen LogP contribution is 2.25. The topological polar surface area (TPSA) is 61.8 Å². The van der Waals surface area contributed by atoms with Crippen LogP contribution in [0, 0.1) is 5.92 Å². The van der Waals surface area contributed by atoms with Crippen LogP contribution < -0.4 is 5.32 Å². The van der Waals surface area contributed by atoms with Gasteiger partial charge in [0.25, 0.3) is 0 Å². The highest BCUT2D eigenvalue weighted by Gasteiger charge is 2.28. The monoisotopic (exact) mass is 284 g/mol. The third-order valence-electron chi connectivity index (χ3n) is 4.60. The number of rotatable bonds is 4. The van der Waals surface area contributed by atoms with Crippen LogP contribution in [0.5, 0.6) is 0 Å². The lowest BCUT2D eigenvalue weighted by Crippen LogP contribution is -2.48. The van der Waals surface area contributed by atoms with Gasteiger partial charge in [0.05, 0.1) is 18.2 Å². The third kappa shape index (κ3) is 4.09. The summed E-state index contributed by atoms with van der Waals surface area (Å²) in [6.07, 6.45) is 6.13. The van der Waals surface area contributed by atoms with Crippen LogP contribution in [0.15, 0.2) is 0 Å². The molecule has 0 radical (unpaired) electrons. The number of nitrogens with zero attached hydrogens (tertiary/aromatic N) is 1. The Kier molecular flexibility index (Phi) is 5.66. The zero-order chi connectivity index (χ0) is 14.5. The summed E-state index contributed by atoms with van der Waals surface area (Å²) in [6.45, 7) is 3.43. The van der Waals surface area contributed by atoms with Gasteiger partial charge >= 0.3 is 6.03 Å². The third-order valence-corrected chi connectivity index (χ3v) is 4.60. The van der Waals surface area contributed by atoms with Crippen molar-refractivity contribution in [3.05, 3.63) is 0 Å². The molecular weight excluding hydrogens is 256 g/mol. The molecule has 2 aliphatic rings. The molecule has 0 aromatic rings. The number of hydrogen-bond acceptors (Lipinski definition) is 3. The summed E-state index contributed by atoms with van der Waals surface area (Å²) in [4.78, 5) is 13.9. The summed E-state index contributed by atoms with van der Waals surface area (Å²) in [5.41, 5.74) is 0. The Morgan fingerprint density at radius 1 is 1.35 bits per heavy atom. The Morgan fingerprint density at radius 2 is 2.10 bits per heavy atom. The van der Waals surface area contributed by atoms with E-state index in [0.29, 0.717) is 6.54 Å². The normalized spacial score (nSPS) is 31.9. The maximum atomic E-state index is 12.2. The van der Waals surface area contributed by atoms with Gasteiger partial charge in [-0.15, -0.1) is 0 Å². The predicted molar refractivity (Wildman–Crippen MR) is 77.6 cm³/mol. The van der Waals surface area contributed by atoms with Crippen molar-refractivity contribution in [2.24, 2.45) is 5.92 Å². The molecule has 4 atom stereocenters. The minimum Gasteiger partial charge on any atom is -0.393 e. The van der Waals surface area contributed by atoms with Crippen LogP contribution in [0.25, 0.3) is 0 Å². The lowest BCUT2D eigenvalue weighted by atomic mass is 9.86. The van der Waals surface area contributed by atoms with Gasteiger partial charge in [-0.05, 0) is 32.6 Å². The first-order chi connectivity index (χ1) is 9.58. The molecule has 1 saturated heterocycles. The highest BCUT2D eigenvalue weighted by molar-refractivity contribution is 5.74. The van der Waals surface area contributed by atoms with E-state index in [2.05, 4.69) is 5.32 Å². The predicted octanol–water partition coefficient (Wildman–Crippen LogP) is 1.75. The van der Waals surface area contributed by atoms with Crippen LogP contribution in [0.1, 0.15) is 45.4 Å². The molecule has 1 aliphatic heterocycles. The van der Waals surface area contributed by atoms with Gasteiger partial charge in [-0.2, -0.15) is 0 Å². The molecule has 116 valence electrons. The number of hydrogen-bond donors (Lipinski definition) is 2. The molecule has 20 heavy (non-hydrogen) atoms. The van der Waals surface area contributed by atoms with Crippen LogP contribution in [0.3, 0.4) is 0 Å². The number of aliphatic hydroxyl groups is 1. The number of carbonyl (C=O) groups excluding carboxylic acids is 1. The quantitative estimate of drug-likeness (QED) is 0.826. The van der Waals surface area contributed by atoms with Crippen molar-refractivity contribution in [2.45, 2.75) is 63.7 Å². The summed E-state index contributed by atoms with van der Waals surface area (Å²) in [6, 6.07) is -0.0190. The van der Waals surface area contributed by atoms with Gasteiger partial charge < -0.3 is 20.1 Å². The first-order valence-corrected chi connectivity index (χ1v) is 7.89. The van der Waals surface area contributed by atoms with E-state index in [9.17, 15) is 9.90 Å². The summed E-state index contributed by atoms with van der Waals surface area (Å²) in [7, 11) is 1.80. The number of aliphatic hydroxyl groups excluding tert-OH is 1. The van der Waals surface area contributed by atoms with Crippen molar-refractivity contribution in [3.8, 4) is 0 Å². The lowest BCUT2D eigenvalue weighted by Gasteiger charge is -2.32. The smallest absolute Gasteiger partial charge is 0.317 e. The second kappa shape index (κ2) is 7.27. The molecule has 0 spiro atoms. The Labute approximate surface area is 121 Å². The van der Waals surface area contributed by atoms with Crippen molar-refractivity contribution in [2.75, 3.05) is 20.2 Å². The van der Waals surface area contributed by atoms with Crippen LogP contribution in [-0.4, -0.2) is 54.5 Å². The fourth-order valence-electron chi connectivity index (χ4n) is 3.23. The van der Waals surface area contributed by atoms with E-state index < -0.39 is 0 Å². The molecule has 2 rings (SSSR count). The Hall–Kier alpha value is -0.810. The standard InChI is InChI=1S/C15H28N2O3/c1-11(14-8-5-9-20-14)16-15(19)17(2)10-12-6-3-4-7-13(12)18/h11-14,18H,3-10H2,1-2H3,(H,16,19). The van der Waals surface area contributed by atoms with Gasteiger partial charge in [0, 0.05) is 26.1 Å². The van der Waals surface area contributed by atoms with Gasteiger partial charge in [0.1, 0.15) is 0 Å². The summed E-state index contributed by atoms with van der Waals surface area (Å²) >= 11 is 0. The second-order valence-electron chi connectivity index (χ2n) is 6.28. The lowest BCUT2D eigenvalue weighted by molar-refractivity contribution is 0.0542. The molecule has 1 aliphatic carbocycles. The zero-order valence-corrected chi connectivity index (χ0v) is 12.7. The van der Waals surface area contributed by atoms with E-state index in [1.54, 1.807) is 11.9 Å². The SMILES string of the molecule is CC(NC(=O)N(C)CC1CCCCC1O)C1CCCO1. The zero-order valence-electron chi connectivity index (χ0n) is 12.7. The Balaban J connectivity index is 1.76.